The van der Waals surface area contributed by atoms with E-state index in [9.17, 15) is 4.79 Å². The van der Waals surface area contributed by atoms with Crippen molar-refractivity contribution in [2.45, 2.75) is 25.8 Å². The highest BCUT2D eigenvalue weighted by molar-refractivity contribution is 6.31. The van der Waals surface area contributed by atoms with Gasteiger partial charge in [-0.05, 0) is 56.1 Å². The highest BCUT2D eigenvalue weighted by Gasteiger charge is 2.17. The van der Waals surface area contributed by atoms with Gasteiger partial charge in [-0.2, -0.15) is 5.10 Å². The Balaban J connectivity index is 1.42. The van der Waals surface area contributed by atoms with Crippen LogP contribution in [0.3, 0.4) is 0 Å². The van der Waals surface area contributed by atoms with Crippen LogP contribution in [0.15, 0.2) is 55.1 Å². The predicted octanol–water partition coefficient (Wildman–Crippen LogP) is 3.98. The molecule has 162 valence electrons. The van der Waals surface area contributed by atoms with Crippen molar-refractivity contribution >= 4 is 28.9 Å². The number of rotatable bonds is 7. The van der Waals surface area contributed by atoms with Crippen molar-refractivity contribution in [3.63, 3.8) is 0 Å². The Hall–Kier alpha value is -2.90. The molecule has 0 aliphatic carbocycles. The minimum Gasteiger partial charge on any atom is -0.371 e. The SMILES string of the molecule is CN(CC(=O)Nc1cc(Cl)ccc1-n1cncn1)Cc1ccccc1N1CCCCC1. The van der Waals surface area contributed by atoms with E-state index < -0.39 is 0 Å². The second kappa shape index (κ2) is 9.94. The van der Waals surface area contributed by atoms with Crippen LogP contribution in [0.4, 0.5) is 11.4 Å². The molecule has 7 nitrogen and oxygen atoms in total. The Bertz CT molecular complexity index is 1020. The molecular weight excluding hydrogens is 412 g/mol. The molecule has 8 heteroatoms. The van der Waals surface area contributed by atoms with Crippen molar-refractivity contribution in [2.75, 3.05) is 36.9 Å². The van der Waals surface area contributed by atoms with Gasteiger partial charge < -0.3 is 10.2 Å². The first kappa shape index (κ1) is 21.3. The molecule has 31 heavy (non-hydrogen) atoms. The maximum absolute atomic E-state index is 12.8. The van der Waals surface area contributed by atoms with Crippen molar-refractivity contribution in [1.82, 2.24) is 19.7 Å². The number of halogens is 1. The highest BCUT2D eigenvalue weighted by atomic mass is 35.5. The molecule has 1 aromatic heterocycles. The Morgan fingerprint density at radius 2 is 1.94 bits per heavy atom. The molecule has 0 bridgehead atoms. The largest absolute Gasteiger partial charge is 0.371 e. The van der Waals surface area contributed by atoms with Crippen LogP contribution in [0.25, 0.3) is 5.69 Å². The van der Waals surface area contributed by atoms with Crippen LogP contribution in [0.1, 0.15) is 24.8 Å². The Labute approximate surface area is 187 Å². The van der Waals surface area contributed by atoms with Gasteiger partial charge >= 0.3 is 0 Å². The summed E-state index contributed by atoms with van der Waals surface area (Å²) >= 11 is 6.15. The predicted molar refractivity (Wildman–Crippen MR) is 124 cm³/mol. The van der Waals surface area contributed by atoms with Gasteiger partial charge in [0.25, 0.3) is 0 Å². The Kier molecular flexibility index (Phi) is 6.84. The molecule has 2 aromatic carbocycles. The monoisotopic (exact) mass is 438 g/mol. The van der Waals surface area contributed by atoms with Crippen molar-refractivity contribution in [3.8, 4) is 5.69 Å². The van der Waals surface area contributed by atoms with Crippen LogP contribution in [0.2, 0.25) is 5.02 Å². The molecule has 1 amide bonds. The maximum atomic E-state index is 12.8. The molecule has 0 atom stereocenters. The number of hydrogen-bond acceptors (Lipinski definition) is 5. The molecule has 0 spiro atoms. The normalized spacial score (nSPS) is 14.1. The number of piperidine rings is 1. The van der Waals surface area contributed by atoms with Gasteiger partial charge in [-0.15, -0.1) is 0 Å². The first-order valence-corrected chi connectivity index (χ1v) is 10.9. The first-order valence-electron chi connectivity index (χ1n) is 10.6. The lowest BCUT2D eigenvalue weighted by Gasteiger charge is -2.31. The van der Waals surface area contributed by atoms with Crippen LogP contribution in [0.5, 0.6) is 0 Å². The highest BCUT2D eigenvalue weighted by Crippen LogP contribution is 2.26. The fourth-order valence-electron chi connectivity index (χ4n) is 4.01. The van der Waals surface area contributed by atoms with Crippen LogP contribution in [-0.4, -0.2) is 52.3 Å². The minimum absolute atomic E-state index is 0.110. The summed E-state index contributed by atoms with van der Waals surface area (Å²) in [5, 5.41) is 7.67. The lowest BCUT2D eigenvalue weighted by atomic mass is 10.1. The second-order valence-corrected chi connectivity index (χ2v) is 8.33. The van der Waals surface area contributed by atoms with Crippen molar-refractivity contribution < 1.29 is 4.79 Å². The zero-order valence-corrected chi connectivity index (χ0v) is 18.4. The summed E-state index contributed by atoms with van der Waals surface area (Å²) in [6, 6.07) is 13.8. The van der Waals surface area contributed by atoms with Crippen LogP contribution < -0.4 is 10.2 Å². The number of likely N-dealkylation sites (N-methyl/N-ethyl adjacent to an activating group) is 1. The van der Waals surface area contributed by atoms with Gasteiger partial charge in [-0.25, -0.2) is 9.67 Å². The number of carbonyl (C=O) groups is 1. The molecular formula is C23H27ClN6O. The number of nitrogens with zero attached hydrogens (tertiary/aromatic N) is 5. The zero-order valence-electron chi connectivity index (χ0n) is 17.7. The number of aromatic nitrogens is 3. The molecule has 0 saturated carbocycles. The zero-order chi connectivity index (χ0) is 21.6. The number of amides is 1. The standard InChI is InChI=1S/C23H27ClN6O/c1-28(14-18-7-3-4-8-21(18)29-11-5-2-6-12-29)15-23(31)27-20-13-19(24)9-10-22(20)30-17-25-16-26-30/h3-4,7-10,13,16-17H,2,5-6,11-12,14-15H2,1H3,(H,27,31). The molecule has 1 aliphatic rings. The van der Waals surface area contributed by atoms with E-state index >= 15 is 0 Å². The number of hydrogen-bond donors (Lipinski definition) is 1. The van der Waals surface area contributed by atoms with E-state index in [1.807, 2.05) is 18.0 Å². The molecule has 3 aromatic rings. The lowest BCUT2D eigenvalue weighted by molar-refractivity contribution is -0.117. The average Bonchev–Trinajstić information content (AvgIpc) is 3.29. The molecule has 1 aliphatic heterocycles. The van der Waals surface area contributed by atoms with E-state index in [2.05, 4.69) is 44.6 Å². The van der Waals surface area contributed by atoms with Crippen LogP contribution >= 0.6 is 11.6 Å². The minimum atomic E-state index is -0.110. The van der Waals surface area contributed by atoms with Gasteiger partial charge in [-0.1, -0.05) is 29.8 Å². The van der Waals surface area contributed by atoms with E-state index in [-0.39, 0.29) is 12.5 Å². The van der Waals surface area contributed by atoms with Gasteiger partial charge in [0.15, 0.2) is 0 Å². The molecule has 1 saturated heterocycles. The van der Waals surface area contributed by atoms with Gasteiger partial charge in [0.1, 0.15) is 12.7 Å². The molecule has 1 N–H and O–H groups in total. The van der Waals surface area contributed by atoms with E-state index in [1.54, 1.807) is 23.1 Å². The molecule has 4 rings (SSSR count). The number of para-hydroxylation sites is 1. The Morgan fingerprint density at radius 3 is 2.71 bits per heavy atom. The van der Waals surface area contributed by atoms with Gasteiger partial charge in [0.2, 0.25) is 5.91 Å². The molecule has 0 radical (unpaired) electrons. The van der Waals surface area contributed by atoms with E-state index in [1.165, 1.54) is 36.8 Å². The second-order valence-electron chi connectivity index (χ2n) is 7.90. The van der Waals surface area contributed by atoms with E-state index in [0.717, 1.165) is 13.1 Å². The van der Waals surface area contributed by atoms with Gasteiger partial charge in [0, 0.05) is 30.3 Å². The smallest absolute Gasteiger partial charge is 0.238 e. The maximum Gasteiger partial charge on any atom is 0.238 e. The lowest BCUT2D eigenvalue weighted by Crippen LogP contribution is -2.33. The summed E-state index contributed by atoms with van der Waals surface area (Å²) in [6.45, 7) is 3.16. The summed E-state index contributed by atoms with van der Waals surface area (Å²) in [5.41, 5.74) is 3.84. The molecule has 1 fully saturated rings. The summed E-state index contributed by atoms with van der Waals surface area (Å²) in [6.07, 6.45) is 6.82. The fourth-order valence-corrected chi connectivity index (χ4v) is 4.18. The topological polar surface area (TPSA) is 66.3 Å². The number of nitrogens with one attached hydrogen (secondary N) is 1. The van der Waals surface area contributed by atoms with Crippen LogP contribution in [-0.2, 0) is 11.3 Å². The third kappa shape index (κ3) is 5.42. The quantitative estimate of drug-likeness (QED) is 0.604. The summed E-state index contributed by atoms with van der Waals surface area (Å²) in [4.78, 5) is 21.2. The average molecular weight is 439 g/mol. The van der Waals surface area contributed by atoms with E-state index in [0.29, 0.717) is 22.9 Å². The summed E-state index contributed by atoms with van der Waals surface area (Å²) in [7, 11) is 1.96. The molecule has 2 heterocycles. The van der Waals surface area contributed by atoms with Gasteiger partial charge in [0.05, 0.1) is 17.9 Å². The summed E-state index contributed by atoms with van der Waals surface area (Å²) < 4.78 is 1.60. The number of anilines is 2. The van der Waals surface area contributed by atoms with Crippen LogP contribution in [0, 0.1) is 0 Å². The van der Waals surface area contributed by atoms with Crippen molar-refractivity contribution in [2.24, 2.45) is 0 Å². The van der Waals surface area contributed by atoms with Gasteiger partial charge in [-0.3, -0.25) is 9.69 Å². The first-order chi connectivity index (χ1) is 15.1. The number of benzene rings is 2. The number of carbonyl (C=O) groups excluding carboxylic acids is 1. The van der Waals surface area contributed by atoms with E-state index in [4.69, 9.17) is 11.6 Å². The third-order valence-electron chi connectivity index (χ3n) is 5.44. The molecule has 0 unspecified atom stereocenters. The summed E-state index contributed by atoms with van der Waals surface area (Å²) in [5.74, 6) is -0.110. The third-order valence-corrected chi connectivity index (χ3v) is 5.68. The fraction of sp³-hybridized carbons (Fsp3) is 0.348. The van der Waals surface area contributed by atoms with Crippen molar-refractivity contribution in [3.05, 3.63) is 65.7 Å². The van der Waals surface area contributed by atoms with Crippen molar-refractivity contribution in [1.29, 1.82) is 0 Å². The Morgan fingerprint density at radius 1 is 1.13 bits per heavy atom.